The summed E-state index contributed by atoms with van der Waals surface area (Å²) in [6, 6.07) is 17.3. The van der Waals surface area contributed by atoms with Crippen LogP contribution in [0.3, 0.4) is 0 Å². The van der Waals surface area contributed by atoms with Crippen LogP contribution in [0.2, 0.25) is 0 Å². The predicted molar refractivity (Wildman–Crippen MR) is 102 cm³/mol. The smallest absolute Gasteiger partial charge is 0.334 e. The van der Waals surface area contributed by atoms with Crippen LogP contribution in [0.25, 0.3) is 10.9 Å². The van der Waals surface area contributed by atoms with E-state index in [-0.39, 0.29) is 19.1 Å². The molecule has 144 valence electrons. The Hall–Kier alpha value is -3.32. The van der Waals surface area contributed by atoms with E-state index < -0.39 is 12.1 Å². The van der Waals surface area contributed by atoms with Crippen molar-refractivity contribution in [3.63, 3.8) is 0 Å². The fourth-order valence-electron chi connectivity index (χ4n) is 3.21. The Balaban J connectivity index is 1.48. The van der Waals surface area contributed by atoms with Crippen LogP contribution < -0.4 is 4.74 Å². The number of carbonyl (C=O) groups excluding carboxylic acids is 1. The zero-order valence-corrected chi connectivity index (χ0v) is 15.1. The first-order valence-corrected chi connectivity index (χ1v) is 9.03. The second kappa shape index (κ2) is 7.74. The third-order valence-corrected chi connectivity index (χ3v) is 4.70. The summed E-state index contributed by atoms with van der Waals surface area (Å²) in [6.45, 7) is 1.07. The summed E-state index contributed by atoms with van der Waals surface area (Å²) >= 11 is 0. The van der Waals surface area contributed by atoms with Crippen molar-refractivity contribution in [2.45, 2.75) is 12.7 Å². The fourth-order valence-corrected chi connectivity index (χ4v) is 3.21. The fraction of sp³-hybridized carbons (Fsp3) is 0.238. The lowest BCUT2D eigenvalue weighted by Crippen LogP contribution is -2.48. The maximum absolute atomic E-state index is 12.7. The van der Waals surface area contributed by atoms with E-state index in [1.54, 1.807) is 6.07 Å². The Labute approximate surface area is 161 Å². The van der Waals surface area contributed by atoms with Gasteiger partial charge in [0.2, 0.25) is 0 Å². The number of carbonyl (C=O) groups is 2. The number of benzene rings is 2. The molecule has 1 unspecified atom stereocenters. The largest absolute Gasteiger partial charge is 0.489 e. The molecule has 1 aromatic heterocycles. The van der Waals surface area contributed by atoms with Crippen molar-refractivity contribution < 1.29 is 24.2 Å². The number of nitrogens with one attached hydrogen (secondary N) is 1. The Morgan fingerprint density at radius 2 is 2.00 bits per heavy atom. The van der Waals surface area contributed by atoms with Gasteiger partial charge in [-0.1, -0.05) is 30.3 Å². The number of carboxylic acid groups (broad SMARTS) is 1. The summed E-state index contributed by atoms with van der Waals surface area (Å²) in [7, 11) is 0. The average Bonchev–Trinajstić information content (AvgIpc) is 3.16. The molecular formula is C21H20N2O5. The number of aromatic nitrogens is 1. The molecule has 0 saturated carbocycles. The molecule has 3 aromatic rings. The van der Waals surface area contributed by atoms with Crippen LogP contribution in [0.4, 0.5) is 0 Å². The van der Waals surface area contributed by atoms with Gasteiger partial charge in [-0.3, -0.25) is 4.79 Å². The highest BCUT2D eigenvalue weighted by molar-refractivity contribution is 5.98. The Morgan fingerprint density at radius 1 is 1.18 bits per heavy atom. The number of amides is 1. The summed E-state index contributed by atoms with van der Waals surface area (Å²) in [5.41, 5.74) is 2.28. The van der Waals surface area contributed by atoms with Crippen LogP contribution in [0.1, 0.15) is 16.1 Å². The molecule has 2 aromatic carbocycles. The van der Waals surface area contributed by atoms with E-state index in [9.17, 15) is 9.59 Å². The third kappa shape index (κ3) is 3.84. The summed E-state index contributed by atoms with van der Waals surface area (Å²) in [6.07, 6.45) is -0.986. The van der Waals surface area contributed by atoms with Gasteiger partial charge in [-0.2, -0.15) is 0 Å². The molecule has 4 rings (SSSR count). The van der Waals surface area contributed by atoms with Crippen LogP contribution in [0, 0.1) is 0 Å². The van der Waals surface area contributed by atoms with Gasteiger partial charge in [0.1, 0.15) is 18.1 Å². The molecule has 0 radical (unpaired) electrons. The average molecular weight is 380 g/mol. The van der Waals surface area contributed by atoms with Crippen molar-refractivity contribution in [1.82, 2.24) is 9.88 Å². The number of aliphatic carboxylic acids is 1. The molecule has 1 fully saturated rings. The molecule has 0 aliphatic carbocycles. The van der Waals surface area contributed by atoms with E-state index in [1.807, 2.05) is 48.5 Å². The molecule has 1 amide bonds. The van der Waals surface area contributed by atoms with E-state index >= 15 is 0 Å². The second-order valence-electron chi connectivity index (χ2n) is 6.66. The molecule has 1 atom stereocenters. The number of H-pyrrole nitrogens is 1. The molecule has 0 spiro atoms. The van der Waals surface area contributed by atoms with E-state index in [4.69, 9.17) is 14.6 Å². The van der Waals surface area contributed by atoms with Gasteiger partial charge in [0.15, 0.2) is 6.10 Å². The third-order valence-electron chi connectivity index (χ3n) is 4.70. The van der Waals surface area contributed by atoms with Crippen LogP contribution in [-0.2, 0) is 16.1 Å². The van der Waals surface area contributed by atoms with Crippen molar-refractivity contribution in [1.29, 1.82) is 0 Å². The van der Waals surface area contributed by atoms with E-state index in [0.717, 1.165) is 16.5 Å². The van der Waals surface area contributed by atoms with Crippen LogP contribution >= 0.6 is 0 Å². The number of ether oxygens (including phenoxy) is 2. The van der Waals surface area contributed by atoms with Crippen molar-refractivity contribution >= 4 is 22.8 Å². The Kier molecular flexibility index (Phi) is 4.99. The minimum absolute atomic E-state index is 0.0367. The molecular weight excluding hydrogens is 360 g/mol. The van der Waals surface area contributed by atoms with Gasteiger partial charge in [0, 0.05) is 23.5 Å². The number of rotatable bonds is 5. The second-order valence-corrected chi connectivity index (χ2v) is 6.66. The number of nitrogens with zero attached hydrogens (tertiary/aromatic N) is 1. The molecule has 7 nitrogen and oxygen atoms in total. The highest BCUT2D eigenvalue weighted by Crippen LogP contribution is 2.23. The zero-order valence-electron chi connectivity index (χ0n) is 15.1. The SMILES string of the molecule is O=C(O)C1CN(C(=O)c2cc3ccc(OCc4ccccc4)cc3[nH]2)CCO1. The lowest BCUT2D eigenvalue weighted by atomic mass is 10.2. The molecule has 0 bridgehead atoms. The minimum atomic E-state index is -1.06. The number of carboxylic acids is 1. The highest BCUT2D eigenvalue weighted by Gasteiger charge is 2.30. The molecule has 2 N–H and O–H groups in total. The normalized spacial score (nSPS) is 16.9. The number of hydrogen-bond donors (Lipinski definition) is 2. The van der Waals surface area contributed by atoms with Crippen molar-refractivity contribution in [2.75, 3.05) is 19.7 Å². The highest BCUT2D eigenvalue weighted by atomic mass is 16.5. The molecule has 1 aliphatic heterocycles. The van der Waals surface area contributed by atoms with Gasteiger partial charge in [-0.25, -0.2) is 4.79 Å². The molecule has 2 heterocycles. The van der Waals surface area contributed by atoms with E-state index in [2.05, 4.69) is 4.98 Å². The van der Waals surface area contributed by atoms with Crippen LogP contribution in [0.15, 0.2) is 54.6 Å². The van der Waals surface area contributed by atoms with E-state index in [1.165, 1.54) is 4.90 Å². The maximum atomic E-state index is 12.7. The van der Waals surface area contributed by atoms with Crippen LogP contribution in [-0.4, -0.2) is 52.7 Å². The van der Waals surface area contributed by atoms with Gasteiger partial charge in [0.05, 0.1) is 13.2 Å². The summed E-state index contributed by atoms with van der Waals surface area (Å²) in [5, 5.41) is 9.99. The molecule has 1 aliphatic rings. The minimum Gasteiger partial charge on any atom is -0.489 e. The number of morpholine rings is 1. The maximum Gasteiger partial charge on any atom is 0.334 e. The monoisotopic (exact) mass is 380 g/mol. The predicted octanol–water partition coefficient (Wildman–Crippen LogP) is 2.67. The number of aromatic amines is 1. The van der Waals surface area contributed by atoms with Crippen molar-refractivity contribution in [2.24, 2.45) is 0 Å². The molecule has 28 heavy (non-hydrogen) atoms. The quantitative estimate of drug-likeness (QED) is 0.710. The summed E-state index contributed by atoms with van der Waals surface area (Å²) < 4.78 is 11.0. The standard InChI is InChI=1S/C21H20N2O5/c24-20(23-8-9-27-19(12-23)21(25)26)18-10-15-6-7-16(11-17(15)22-18)28-13-14-4-2-1-3-5-14/h1-7,10-11,19,22H,8-9,12-13H2,(H,25,26). The first-order chi connectivity index (χ1) is 13.6. The van der Waals surface area contributed by atoms with Crippen molar-refractivity contribution in [3.05, 3.63) is 65.9 Å². The molecule has 1 saturated heterocycles. The van der Waals surface area contributed by atoms with Gasteiger partial charge in [-0.15, -0.1) is 0 Å². The lowest BCUT2D eigenvalue weighted by Gasteiger charge is -2.30. The first-order valence-electron chi connectivity index (χ1n) is 9.03. The van der Waals surface area contributed by atoms with E-state index in [0.29, 0.717) is 24.6 Å². The van der Waals surface area contributed by atoms with Gasteiger partial charge >= 0.3 is 5.97 Å². The van der Waals surface area contributed by atoms with Gasteiger partial charge in [-0.05, 0) is 23.8 Å². The first kappa shape index (κ1) is 18.1. The van der Waals surface area contributed by atoms with Crippen LogP contribution in [0.5, 0.6) is 5.75 Å². The Bertz CT molecular complexity index is 998. The summed E-state index contributed by atoms with van der Waals surface area (Å²) in [5.74, 6) is -0.596. The number of fused-ring (bicyclic) bond motifs is 1. The lowest BCUT2D eigenvalue weighted by molar-refractivity contribution is -0.154. The zero-order chi connectivity index (χ0) is 19.5. The van der Waals surface area contributed by atoms with Gasteiger partial charge in [0.25, 0.3) is 5.91 Å². The molecule has 7 heteroatoms. The van der Waals surface area contributed by atoms with Gasteiger partial charge < -0.3 is 24.5 Å². The summed E-state index contributed by atoms with van der Waals surface area (Å²) in [4.78, 5) is 28.5. The number of hydrogen-bond acceptors (Lipinski definition) is 4. The van der Waals surface area contributed by atoms with Crippen molar-refractivity contribution in [3.8, 4) is 5.75 Å². The Morgan fingerprint density at radius 3 is 2.79 bits per heavy atom. The topological polar surface area (TPSA) is 91.9 Å².